The molecule has 2 aromatic rings. The average molecular weight is 589 g/mol. The van der Waals surface area contributed by atoms with E-state index in [9.17, 15) is 30.2 Å². The van der Waals surface area contributed by atoms with E-state index in [2.05, 4.69) is 10.2 Å². The van der Waals surface area contributed by atoms with Crippen LogP contribution in [0.4, 0.5) is 0 Å². The molecule has 1 aliphatic rings. The predicted molar refractivity (Wildman–Crippen MR) is 153 cm³/mol. The van der Waals surface area contributed by atoms with E-state index in [0.717, 1.165) is 5.56 Å². The Morgan fingerprint density at radius 1 is 1.15 bits per heavy atom. The number of carbonyl (C=O) groups is 1. The Morgan fingerprint density at radius 2 is 1.93 bits per heavy atom. The van der Waals surface area contributed by atoms with Crippen LogP contribution < -0.4 is 10.1 Å². The zero-order chi connectivity index (χ0) is 29.6. The molecule has 41 heavy (non-hydrogen) atoms. The Hall–Kier alpha value is -3.44. The summed E-state index contributed by atoms with van der Waals surface area (Å²) in [5, 5.41) is 44.1. The largest absolute Gasteiger partial charge is 0.491 e. The number of rotatable bonds is 16. The highest BCUT2D eigenvalue weighted by Crippen LogP contribution is 2.36. The Labute approximate surface area is 244 Å². The van der Waals surface area contributed by atoms with E-state index in [1.807, 2.05) is 18.2 Å². The van der Waals surface area contributed by atoms with Crippen LogP contribution in [0.15, 0.2) is 72.8 Å². The summed E-state index contributed by atoms with van der Waals surface area (Å²) in [6.45, 7) is 0.210. The van der Waals surface area contributed by atoms with Crippen molar-refractivity contribution in [1.29, 1.82) is 0 Å². The topological polar surface area (TPSA) is 151 Å². The van der Waals surface area contributed by atoms with Crippen molar-refractivity contribution in [2.24, 2.45) is 11.8 Å². The lowest BCUT2D eigenvalue weighted by atomic mass is 9.89. The van der Waals surface area contributed by atoms with Crippen LogP contribution in [0, 0.1) is 22.0 Å². The van der Waals surface area contributed by atoms with Gasteiger partial charge in [-0.25, -0.2) is 0 Å². The number of aliphatic hydroxyl groups excluding tert-OH is 3. The number of hydrogen-bond acceptors (Lipinski definition) is 8. The van der Waals surface area contributed by atoms with Crippen LogP contribution in [-0.2, 0) is 22.8 Å². The maximum absolute atomic E-state index is 12.2. The lowest BCUT2D eigenvalue weighted by molar-refractivity contribution is -0.763. The third-order valence-corrected chi connectivity index (χ3v) is 7.09. The minimum atomic E-state index is -0.882. The highest BCUT2D eigenvalue weighted by Gasteiger charge is 2.39. The third-order valence-electron chi connectivity index (χ3n) is 6.86. The second kappa shape index (κ2) is 16.7. The summed E-state index contributed by atoms with van der Waals surface area (Å²) in [6, 6.07) is 13.9. The second-order valence-electron chi connectivity index (χ2n) is 10.0. The molecule has 222 valence electrons. The summed E-state index contributed by atoms with van der Waals surface area (Å²) in [5.74, 6) is -0.0310. The first-order chi connectivity index (χ1) is 19.7. The summed E-state index contributed by atoms with van der Waals surface area (Å²) in [7, 11) is 0. The molecule has 10 nitrogen and oxygen atoms in total. The molecule has 5 atom stereocenters. The fourth-order valence-electron chi connectivity index (χ4n) is 4.75. The number of nitrogens with one attached hydrogen (secondary N) is 1. The molecular weight excluding hydrogens is 552 g/mol. The van der Waals surface area contributed by atoms with E-state index in [-0.39, 0.29) is 37.4 Å². The highest BCUT2D eigenvalue weighted by atomic mass is 35.5. The number of benzene rings is 2. The first kappa shape index (κ1) is 32.1. The number of halogens is 1. The molecular formula is C30H37ClN2O8. The first-order valence-corrected chi connectivity index (χ1v) is 14.0. The fourth-order valence-corrected chi connectivity index (χ4v) is 4.93. The maximum Gasteiger partial charge on any atom is 0.294 e. The van der Waals surface area contributed by atoms with Crippen molar-refractivity contribution in [3.8, 4) is 5.75 Å². The normalized spacial score (nSPS) is 21.3. The smallest absolute Gasteiger partial charge is 0.294 e. The van der Waals surface area contributed by atoms with Crippen molar-refractivity contribution in [2.45, 2.75) is 63.6 Å². The predicted octanol–water partition coefficient (Wildman–Crippen LogP) is 4.14. The molecule has 0 spiro atoms. The Morgan fingerprint density at radius 3 is 2.71 bits per heavy atom. The molecule has 1 amide bonds. The molecule has 0 unspecified atom stereocenters. The van der Waals surface area contributed by atoms with Gasteiger partial charge in [0.05, 0.1) is 12.2 Å². The van der Waals surface area contributed by atoms with E-state index < -0.39 is 23.4 Å². The summed E-state index contributed by atoms with van der Waals surface area (Å²) in [4.78, 5) is 26.9. The number of ether oxygens (including phenoxy) is 1. The SMILES string of the molecule is O=C(CCCC=CC[C@@H]1[C@@H](C=C[C@@H](O)COc2cccc(Cl)c2)[C@H](O)C[C@@H]1O)NCc1cccc(CO[N+](=O)[O-])c1. The summed E-state index contributed by atoms with van der Waals surface area (Å²) in [5.41, 5.74) is 1.47. The van der Waals surface area contributed by atoms with Gasteiger partial charge in [0.25, 0.3) is 5.09 Å². The van der Waals surface area contributed by atoms with Crippen LogP contribution in [0.3, 0.4) is 0 Å². The molecule has 1 aliphatic carbocycles. The van der Waals surface area contributed by atoms with Gasteiger partial charge in [-0.3, -0.25) is 4.79 Å². The lowest BCUT2D eigenvalue weighted by Gasteiger charge is -2.19. The zero-order valence-electron chi connectivity index (χ0n) is 22.7. The molecule has 0 bridgehead atoms. The Kier molecular flexibility index (Phi) is 13.1. The highest BCUT2D eigenvalue weighted by molar-refractivity contribution is 6.30. The van der Waals surface area contributed by atoms with E-state index in [1.54, 1.807) is 54.6 Å². The molecule has 0 saturated heterocycles. The van der Waals surface area contributed by atoms with Crippen LogP contribution in [0.2, 0.25) is 5.02 Å². The van der Waals surface area contributed by atoms with E-state index in [4.69, 9.17) is 16.3 Å². The van der Waals surface area contributed by atoms with E-state index >= 15 is 0 Å². The van der Waals surface area contributed by atoms with Crippen LogP contribution in [0.1, 0.15) is 43.2 Å². The molecule has 0 heterocycles. The van der Waals surface area contributed by atoms with Crippen LogP contribution >= 0.6 is 11.6 Å². The number of amides is 1. The summed E-state index contributed by atoms with van der Waals surface area (Å²) in [6.07, 6.45) is 7.55. The molecule has 1 saturated carbocycles. The van der Waals surface area contributed by atoms with Gasteiger partial charge in [0.15, 0.2) is 0 Å². The van der Waals surface area contributed by atoms with Gasteiger partial charge in [-0.05, 0) is 54.5 Å². The van der Waals surface area contributed by atoms with Crippen molar-refractivity contribution in [3.05, 3.63) is 99.1 Å². The minimum absolute atomic E-state index is 0.0334. The molecule has 3 rings (SSSR count). The van der Waals surface area contributed by atoms with Gasteiger partial charge in [0, 0.05) is 30.3 Å². The fraction of sp³-hybridized carbons (Fsp3) is 0.433. The van der Waals surface area contributed by atoms with Gasteiger partial charge in [-0.1, -0.05) is 66.2 Å². The molecule has 4 N–H and O–H groups in total. The quantitative estimate of drug-likeness (QED) is 0.0988. The number of unbranched alkanes of at least 4 members (excludes halogenated alkanes) is 1. The van der Waals surface area contributed by atoms with Crippen LogP contribution in [-0.4, -0.2) is 51.2 Å². The molecule has 2 aromatic carbocycles. The Balaban J connectivity index is 1.36. The van der Waals surface area contributed by atoms with Gasteiger partial charge >= 0.3 is 0 Å². The molecule has 0 aliphatic heterocycles. The van der Waals surface area contributed by atoms with Crippen molar-refractivity contribution >= 4 is 17.5 Å². The monoisotopic (exact) mass is 588 g/mol. The van der Waals surface area contributed by atoms with E-state index in [0.29, 0.717) is 48.6 Å². The van der Waals surface area contributed by atoms with E-state index in [1.165, 1.54) is 0 Å². The number of aliphatic hydroxyl groups is 3. The first-order valence-electron chi connectivity index (χ1n) is 13.6. The van der Waals surface area contributed by atoms with Gasteiger partial charge in [-0.2, -0.15) is 0 Å². The maximum atomic E-state index is 12.2. The average Bonchev–Trinajstić information content (AvgIpc) is 3.21. The van der Waals surface area contributed by atoms with Crippen molar-refractivity contribution in [3.63, 3.8) is 0 Å². The van der Waals surface area contributed by atoms with Crippen molar-refractivity contribution in [2.75, 3.05) is 6.61 Å². The molecule has 1 fully saturated rings. The van der Waals surface area contributed by atoms with Gasteiger partial charge < -0.3 is 30.2 Å². The molecule has 0 radical (unpaired) electrons. The van der Waals surface area contributed by atoms with Gasteiger partial charge in [0.1, 0.15) is 25.1 Å². The minimum Gasteiger partial charge on any atom is -0.491 e. The number of nitrogens with zero attached hydrogens (tertiary/aromatic N) is 1. The van der Waals surface area contributed by atoms with Crippen LogP contribution in [0.25, 0.3) is 0 Å². The molecule has 11 heteroatoms. The number of allylic oxidation sites excluding steroid dienone is 2. The number of carbonyl (C=O) groups excluding carboxylic acids is 1. The van der Waals surface area contributed by atoms with Crippen molar-refractivity contribution < 1.29 is 34.8 Å². The molecule has 0 aromatic heterocycles. The van der Waals surface area contributed by atoms with Crippen LogP contribution in [0.5, 0.6) is 5.75 Å². The number of hydrogen-bond donors (Lipinski definition) is 4. The van der Waals surface area contributed by atoms with Crippen molar-refractivity contribution in [1.82, 2.24) is 5.32 Å². The van der Waals surface area contributed by atoms with Gasteiger partial charge in [-0.15, -0.1) is 10.1 Å². The summed E-state index contributed by atoms with van der Waals surface area (Å²) < 4.78 is 5.55. The van der Waals surface area contributed by atoms with Gasteiger partial charge in [0.2, 0.25) is 5.91 Å². The second-order valence-corrected chi connectivity index (χ2v) is 10.5. The standard InChI is InChI=1S/C30H37ClN2O8/c31-23-9-6-10-25(16-23)40-20-24(34)13-14-27-26(28(35)17-29(27)36)11-3-1-2-4-12-30(37)32-18-21-7-5-8-22(15-21)19-41-33(38)39/h1,3,5-10,13-16,24,26-29,34-36H,2,4,11-12,17-20H2,(H,32,37)/t24-,26-,27-,28+,29-/m1/s1. The lowest BCUT2D eigenvalue weighted by Crippen LogP contribution is -2.22. The summed E-state index contributed by atoms with van der Waals surface area (Å²) >= 11 is 5.94. The third kappa shape index (κ3) is 11.5. The Bertz CT molecular complexity index is 1190. The zero-order valence-corrected chi connectivity index (χ0v) is 23.4.